The summed E-state index contributed by atoms with van der Waals surface area (Å²) in [5.74, 6) is -3.61. The topological polar surface area (TPSA) is 189 Å². The summed E-state index contributed by atoms with van der Waals surface area (Å²) in [5.41, 5.74) is 0.248. The number of aliphatic hydroxyl groups excluding tert-OH is 2. The Morgan fingerprint density at radius 1 is 0.857 bits per heavy atom. The number of rotatable bonds is 14. The van der Waals surface area contributed by atoms with Gasteiger partial charge >= 0.3 is 17.9 Å². The summed E-state index contributed by atoms with van der Waals surface area (Å²) in [6, 6.07) is 0. The van der Waals surface area contributed by atoms with Gasteiger partial charge in [-0.25, -0.2) is 0 Å². The number of halogens is 3. The molecule has 0 aliphatic carbocycles. The first-order chi connectivity index (χ1) is 19.5. The lowest BCUT2D eigenvalue weighted by Crippen LogP contribution is -2.42. The number of hydrogen-bond acceptors (Lipinski definition) is 11. The van der Waals surface area contributed by atoms with Crippen molar-refractivity contribution in [2.75, 3.05) is 51.4 Å². The average Bonchev–Trinajstić information content (AvgIpc) is 2.88. The number of amides is 3. The van der Waals surface area contributed by atoms with Gasteiger partial charge in [-0.15, -0.1) is 0 Å². The summed E-state index contributed by atoms with van der Waals surface area (Å²) in [7, 11) is 1.41. The predicted octanol–water partition coefficient (Wildman–Crippen LogP) is 1.07. The second kappa shape index (κ2) is 18.1. The Kier molecular flexibility index (Phi) is 16.4. The Morgan fingerprint density at radius 3 is 1.93 bits per heavy atom. The minimum absolute atomic E-state index is 0.0366. The van der Waals surface area contributed by atoms with Crippen molar-refractivity contribution in [2.24, 2.45) is 0 Å². The van der Waals surface area contributed by atoms with E-state index in [0.717, 1.165) is 6.92 Å². The zero-order chi connectivity index (χ0) is 32.3. The molecule has 1 aromatic carbocycles. The zero-order valence-corrected chi connectivity index (χ0v) is 30.0. The molecule has 234 valence electrons. The van der Waals surface area contributed by atoms with Crippen molar-refractivity contribution in [1.82, 2.24) is 10.2 Å². The fraction of sp³-hybridized carbons (Fsp3) is 0.520. The Balaban J connectivity index is 3.82. The second-order valence-corrected chi connectivity index (χ2v) is 12.1. The van der Waals surface area contributed by atoms with Crippen molar-refractivity contribution >= 4 is 109 Å². The molecule has 3 N–H and O–H groups in total. The van der Waals surface area contributed by atoms with Gasteiger partial charge in [0.2, 0.25) is 5.91 Å². The number of ether oxygens (including phenoxy) is 3. The van der Waals surface area contributed by atoms with Gasteiger partial charge in [-0.2, -0.15) is 0 Å². The number of carbonyl (C=O) groups excluding carboxylic acids is 6. The molecule has 0 aliphatic heterocycles. The lowest BCUT2D eigenvalue weighted by atomic mass is 10.1. The van der Waals surface area contributed by atoms with Crippen molar-refractivity contribution in [2.45, 2.75) is 39.9 Å². The van der Waals surface area contributed by atoms with Gasteiger partial charge in [-0.3, -0.25) is 28.8 Å². The molecule has 0 aromatic heterocycles. The molecule has 2 atom stereocenters. The Bertz CT molecular complexity index is 1210. The van der Waals surface area contributed by atoms with Crippen molar-refractivity contribution in [3.63, 3.8) is 0 Å². The highest BCUT2D eigenvalue weighted by Gasteiger charge is 2.34. The molecule has 0 saturated heterocycles. The van der Waals surface area contributed by atoms with Crippen molar-refractivity contribution < 1.29 is 53.2 Å². The molecule has 3 amide bonds. The molecule has 14 nitrogen and oxygen atoms in total. The SMILES string of the molecule is CC(=O)OCCNC(=O)c1c(I)c(C(=O)N(C)CC(O)CO)c(I)c(N(CC(COC(C)=O)OC(C)=O)C(C)=O)c1I. The molecule has 42 heavy (non-hydrogen) atoms. The van der Waals surface area contributed by atoms with Gasteiger partial charge in [0.15, 0.2) is 6.10 Å². The van der Waals surface area contributed by atoms with Gasteiger partial charge in [0.05, 0.1) is 49.8 Å². The molecule has 0 bridgehead atoms. The van der Waals surface area contributed by atoms with Crippen LogP contribution in [0.25, 0.3) is 0 Å². The Hall–Kier alpha value is -1.85. The van der Waals surface area contributed by atoms with Crippen LogP contribution in [0, 0.1) is 10.7 Å². The molecule has 2 unspecified atom stereocenters. The van der Waals surface area contributed by atoms with Crippen molar-refractivity contribution in [3.05, 3.63) is 21.8 Å². The second-order valence-electron chi connectivity index (χ2n) is 8.82. The van der Waals surface area contributed by atoms with E-state index in [0.29, 0.717) is 0 Å². The van der Waals surface area contributed by atoms with Crippen LogP contribution in [0.1, 0.15) is 48.4 Å². The minimum atomic E-state index is -1.22. The number of nitrogens with zero attached hydrogens (tertiary/aromatic N) is 2. The van der Waals surface area contributed by atoms with Gasteiger partial charge in [-0.1, -0.05) is 0 Å². The van der Waals surface area contributed by atoms with Crippen LogP contribution in [0.5, 0.6) is 0 Å². The maximum absolute atomic E-state index is 13.7. The first-order valence-corrected chi connectivity index (χ1v) is 15.5. The zero-order valence-electron chi connectivity index (χ0n) is 23.5. The van der Waals surface area contributed by atoms with E-state index in [1.807, 2.05) is 67.8 Å². The molecular weight excluding hydrogens is 899 g/mol. The summed E-state index contributed by atoms with van der Waals surface area (Å²) in [6.07, 6.45) is -2.30. The number of esters is 3. The highest BCUT2D eigenvalue weighted by Crippen LogP contribution is 2.39. The molecule has 0 fully saturated rings. The highest BCUT2D eigenvalue weighted by molar-refractivity contribution is 14.1. The molecule has 17 heteroatoms. The smallest absolute Gasteiger partial charge is 0.303 e. The first-order valence-electron chi connectivity index (χ1n) is 12.3. The van der Waals surface area contributed by atoms with Crippen molar-refractivity contribution in [1.29, 1.82) is 0 Å². The third-order valence-electron chi connectivity index (χ3n) is 5.31. The van der Waals surface area contributed by atoms with Crippen LogP contribution >= 0.6 is 67.8 Å². The Labute approximate surface area is 283 Å². The molecule has 0 saturated carbocycles. The fourth-order valence-electron chi connectivity index (χ4n) is 3.52. The Morgan fingerprint density at radius 2 is 1.43 bits per heavy atom. The van der Waals surface area contributed by atoms with E-state index in [1.54, 1.807) is 0 Å². The van der Waals surface area contributed by atoms with Gasteiger partial charge in [0.25, 0.3) is 11.8 Å². The molecule has 0 aliphatic rings. The van der Waals surface area contributed by atoms with Gasteiger partial charge in [0, 0.05) is 44.9 Å². The molecule has 0 radical (unpaired) electrons. The van der Waals surface area contributed by atoms with Crippen LogP contribution in [-0.2, 0) is 33.4 Å². The van der Waals surface area contributed by atoms with Crippen LogP contribution in [0.2, 0.25) is 0 Å². The number of carbonyl (C=O) groups is 6. The highest BCUT2D eigenvalue weighted by atomic mass is 127. The van der Waals surface area contributed by atoms with E-state index in [1.165, 1.54) is 37.6 Å². The van der Waals surface area contributed by atoms with Gasteiger partial charge in [0.1, 0.15) is 13.2 Å². The van der Waals surface area contributed by atoms with E-state index in [9.17, 15) is 39.0 Å². The number of aliphatic hydroxyl groups is 2. The predicted molar refractivity (Wildman–Crippen MR) is 174 cm³/mol. The lowest BCUT2D eigenvalue weighted by Gasteiger charge is -2.30. The molecule has 0 spiro atoms. The molecule has 1 aromatic rings. The van der Waals surface area contributed by atoms with Crippen LogP contribution in [-0.4, -0.2) is 109 Å². The number of anilines is 1. The van der Waals surface area contributed by atoms with Crippen LogP contribution < -0.4 is 10.2 Å². The lowest BCUT2D eigenvalue weighted by molar-refractivity contribution is -0.155. The van der Waals surface area contributed by atoms with E-state index >= 15 is 0 Å². The van der Waals surface area contributed by atoms with E-state index in [4.69, 9.17) is 14.2 Å². The van der Waals surface area contributed by atoms with Crippen molar-refractivity contribution in [3.8, 4) is 0 Å². The molecule has 0 heterocycles. The maximum atomic E-state index is 13.7. The van der Waals surface area contributed by atoms with Gasteiger partial charge in [-0.05, 0) is 67.8 Å². The third kappa shape index (κ3) is 11.3. The standard InChI is InChI=1S/C25H32I3N3O11/c1-12(33)31(9-17(42-15(4)36)11-41-14(3)35)23-21(27)18(24(38)29-6-7-40-13(2)34)20(26)19(22(23)28)25(39)30(5)8-16(37)10-32/h16-17,32,37H,6-11H2,1-5H3,(H,29,38). The average molecular weight is 931 g/mol. The summed E-state index contributed by atoms with van der Waals surface area (Å²) in [6.45, 7) is 3.22. The van der Waals surface area contributed by atoms with Crippen LogP contribution in [0.3, 0.4) is 0 Å². The van der Waals surface area contributed by atoms with Gasteiger partial charge < -0.3 is 39.5 Å². The number of benzene rings is 1. The summed E-state index contributed by atoms with van der Waals surface area (Å²) < 4.78 is 16.0. The summed E-state index contributed by atoms with van der Waals surface area (Å²) in [4.78, 5) is 76.7. The number of nitrogens with one attached hydrogen (secondary N) is 1. The minimum Gasteiger partial charge on any atom is -0.464 e. The summed E-state index contributed by atoms with van der Waals surface area (Å²) >= 11 is 5.59. The quantitative estimate of drug-likeness (QED) is 0.105. The van der Waals surface area contributed by atoms with E-state index in [2.05, 4.69) is 5.32 Å². The monoisotopic (exact) mass is 931 g/mol. The normalized spacial score (nSPS) is 12.0. The van der Waals surface area contributed by atoms with E-state index < -0.39 is 54.4 Å². The number of hydrogen-bond donors (Lipinski definition) is 3. The van der Waals surface area contributed by atoms with Crippen LogP contribution in [0.4, 0.5) is 5.69 Å². The maximum Gasteiger partial charge on any atom is 0.303 e. The third-order valence-corrected chi connectivity index (χ3v) is 8.49. The summed E-state index contributed by atoms with van der Waals surface area (Å²) in [5, 5.41) is 21.8. The first kappa shape index (κ1) is 38.2. The largest absolute Gasteiger partial charge is 0.464 e. The van der Waals surface area contributed by atoms with Crippen LogP contribution in [0.15, 0.2) is 0 Å². The molecule has 1 rings (SSSR count). The fourth-order valence-corrected chi connectivity index (χ4v) is 8.22. The van der Waals surface area contributed by atoms with E-state index in [-0.39, 0.29) is 60.4 Å². The molecular formula is C25H32I3N3O11. The number of likely N-dealkylation sites (N-methyl/N-ethyl adjacent to an activating group) is 1.